The van der Waals surface area contributed by atoms with Crippen molar-refractivity contribution in [2.75, 3.05) is 13.7 Å². The smallest absolute Gasteiger partial charge is 0.309 e. The average Bonchev–Trinajstić information content (AvgIpc) is 2.44. The van der Waals surface area contributed by atoms with Crippen molar-refractivity contribution in [1.29, 1.82) is 0 Å². The molecule has 7 nitrogen and oxygen atoms in total. The van der Waals surface area contributed by atoms with Crippen LogP contribution in [0.4, 0.5) is 0 Å². The number of rotatable bonds is 8. The lowest BCUT2D eigenvalue weighted by Gasteiger charge is -2.07. The largest absolute Gasteiger partial charge is 0.469 e. The summed E-state index contributed by atoms with van der Waals surface area (Å²) < 4.78 is 30.8. The summed E-state index contributed by atoms with van der Waals surface area (Å²) in [6.07, 6.45) is 0.554. The average molecular weight is 314 g/mol. The summed E-state index contributed by atoms with van der Waals surface area (Å²) in [5, 5.41) is 0. The van der Waals surface area contributed by atoms with Crippen LogP contribution in [0.2, 0.25) is 0 Å². The van der Waals surface area contributed by atoms with Gasteiger partial charge in [0.25, 0.3) is 0 Å². The zero-order chi connectivity index (χ0) is 15.9. The third kappa shape index (κ3) is 5.92. The number of methoxy groups -OCH3 is 1. The van der Waals surface area contributed by atoms with Crippen LogP contribution in [-0.4, -0.2) is 33.9 Å². The molecule has 0 aliphatic heterocycles. The summed E-state index contributed by atoms with van der Waals surface area (Å²) >= 11 is 0. The van der Waals surface area contributed by atoms with Gasteiger partial charge in [-0.25, -0.2) is 13.1 Å². The van der Waals surface area contributed by atoms with Gasteiger partial charge in [-0.3, -0.25) is 9.59 Å². The maximum absolute atomic E-state index is 11.9. The van der Waals surface area contributed by atoms with E-state index in [4.69, 9.17) is 5.73 Å². The lowest BCUT2D eigenvalue weighted by atomic mass is 10.2. The number of nitrogens with two attached hydrogens (primary N) is 1. The van der Waals surface area contributed by atoms with Crippen LogP contribution in [0, 0.1) is 0 Å². The molecule has 116 valence electrons. The quantitative estimate of drug-likeness (QED) is 0.515. The van der Waals surface area contributed by atoms with Gasteiger partial charge < -0.3 is 10.5 Å². The van der Waals surface area contributed by atoms with E-state index in [1.165, 1.54) is 19.2 Å². The molecule has 0 spiro atoms. The van der Waals surface area contributed by atoms with Gasteiger partial charge in [0.05, 0.1) is 18.4 Å². The molecule has 8 heteroatoms. The first-order valence-electron chi connectivity index (χ1n) is 6.29. The molecular formula is C13H18N2O5S. The number of hydrogen-bond acceptors (Lipinski definition) is 5. The first-order chi connectivity index (χ1) is 9.85. The molecule has 1 amide bonds. The summed E-state index contributed by atoms with van der Waals surface area (Å²) in [6, 6.07) is 5.92. The maximum atomic E-state index is 11.9. The zero-order valence-corrected chi connectivity index (χ0v) is 12.5. The molecule has 0 saturated heterocycles. The fourth-order valence-corrected chi connectivity index (χ4v) is 2.65. The molecule has 0 unspecified atom stereocenters. The van der Waals surface area contributed by atoms with Crippen LogP contribution in [-0.2, 0) is 30.8 Å². The molecule has 0 atom stereocenters. The van der Waals surface area contributed by atoms with E-state index in [0.717, 1.165) is 0 Å². The van der Waals surface area contributed by atoms with Gasteiger partial charge in [0.1, 0.15) is 0 Å². The Morgan fingerprint density at radius 2 is 1.86 bits per heavy atom. The molecule has 1 aromatic carbocycles. The molecule has 1 aromatic rings. The molecule has 3 N–H and O–H groups in total. The number of ether oxygens (including phenoxy) is 1. The standard InChI is InChI=1S/C13H18N2O5S/c1-20-13(17)9-10-4-6-11(7-5-10)21(18,19)15-8-2-3-12(14)16/h4-7,15H,2-3,8-9H2,1H3,(H2,14,16). The number of hydrogen-bond donors (Lipinski definition) is 2. The molecule has 0 bridgehead atoms. The van der Waals surface area contributed by atoms with Crippen molar-refractivity contribution >= 4 is 21.9 Å². The third-order valence-corrected chi connectivity index (χ3v) is 4.18. The highest BCUT2D eigenvalue weighted by Crippen LogP contribution is 2.11. The minimum absolute atomic E-state index is 0.0862. The minimum Gasteiger partial charge on any atom is -0.469 e. The molecule has 0 radical (unpaired) electrons. The second kappa shape index (κ2) is 7.75. The predicted octanol–water partition coefficient (Wildman–Crippen LogP) is -0.0541. The normalized spacial score (nSPS) is 11.1. The van der Waals surface area contributed by atoms with E-state index in [2.05, 4.69) is 9.46 Å². The van der Waals surface area contributed by atoms with Crippen molar-refractivity contribution in [3.8, 4) is 0 Å². The van der Waals surface area contributed by atoms with Gasteiger partial charge in [0.2, 0.25) is 15.9 Å². The maximum Gasteiger partial charge on any atom is 0.309 e. The van der Waals surface area contributed by atoms with Gasteiger partial charge in [-0.15, -0.1) is 0 Å². The summed E-state index contributed by atoms with van der Waals surface area (Å²) in [4.78, 5) is 21.7. The van der Waals surface area contributed by atoms with Gasteiger partial charge in [0, 0.05) is 13.0 Å². The van der Waals surface area contributed by atoms with Crippen molar-refractivity contribution < 1.29 is 22.7 Å². The molecule has 0 aliphatic carbocycles. The van der Waals surface area contributed by atoms with Crippen LogP contribution in [0.3, 0.4) is 0 Å². The van der Waals surface area contributed by atoms with Gasteiger partial charge in [-0.1, -0.05) is 12.1 Å². The number of primary amides is 1. The van der Waals surface area contributed by atoms with Crippen molar-refractivity contribution in [2.24, 2.45) is 5.73 Å². The van der Waals surface area contributed by atoms with E-state index in [-0.39, 0.29) is 24.3 Å². The van der Waals surface area contributed by atoms with Gasteiger partial charge in [0.15, 0.2) is 0 Å². The minimum atomic E-state index is -3.63. The van der Waals surface area contributed by atoms with Crippen molar-refractivity contribution in [1.82, 2.24) is 4.72 Å². The van der Waals surface area contributed by atoms with Crippen molar-refractivity contribution in [3.05, 3.63) is 29.8 Å². The SMILES string of the molecule is COC(=O)Cc1ccc(S(=O)(=O)NCCCC(N)=O)cc1. The first kappa shape index (κ1) is 17.1. The van der Waals surface area contributed by atoms with E-state index in [1.807, 2.05) is 0 Å². The van der Waals surface area contributed by atoms with Crippen LogP contribution in [0.25, 0.3) is 0 Å². The number of benzene rings is 1. The van der Waals surface area contributed by atoms with Crippen molar-refractivity contribution in [3.63, 3.8) is 0 Å². The zero-order valence-electron chi connectivity index (χ0n) is 11.7. The van der Waals surface area contributed by atoms with E-state index in [1.54, 1.807) is 12.1 Å². The molecule has 21 heavy (non-hydrogen) atoms. The van der Waals surface area contributed by atoms with Crippen LogP contribution < -0.4 is 10.5 Å². The highest BCUT2D eigenvalue weighted by atomic mass is 32.2. The summed E-state index contributed by atoms with van der Waals surface area (Å²) in [7, 11) is -2.34. The summed E-state index contributed by atoms with van der Waals surface area (Å²) in [5.41, 5.74) is 5.63. The van der Waals surface area contributed by atoms with Gasteiger partial charge in [-0.2, -0.15) is 0 Å². The summed E-state index contributed by atoms with van der Waals surface area (Å²) in [6.45, 7) is 0.134. The Balaban J connectivity index is 2.62. The molecular weight excluding hydrogens is 296 g/mol. The van der Waals surface area contributed by atoms with Crippen molar-refractivity contribution in [2.45, 2.75) is 24.2 Å². The Morgan fingerprint density at radius 1 is 1.24 bits per heavy atom. The topological polar surface area (TPSA) is 116 Å². The second-order valence-electron chi connectivity index (χ2n) is 4.36. The number of esters is 1. The van der Waals surface area contributed by atoms with Crippen LogP contribution in [0.1, 0.15) is 18.4 Å². The Morgan fingerprint density at radius 3 is 2.38 bits per heavy atom. The highest BCUT2D eigenvalue weighted by Gasteiger charge is 2.13. The molecule has 0 aromatic heterocycles. The highest BCUT2D eigenvalue weighted by molar-refractivity contribution is 7.89. The fourth-order valence-electron chi connectivity index (χ4n) is 1.58. The Kier molecular flexibility index (Phi) is 6.32. The number of carbonyl (C=O) groups excluding carboxylic acids is 2. The van der Waals surface area contributed by atoms with Gasteiger partial charge >= 0.3 is 5.97 Å². The molecule has 1 rings (SSSR count). The molecule has 0 fully saturated rings. The van der Waals surface area contributed by atoms with E-state index in [0.29, 0.717) is 12.0 Å². The number of amides is 1. The molecule has 0 heterocycles. The van der Waals surface area contributed by atoms with E-state index >= 15 is 0 Å². The summed E-state index contributed by atoms with van der Waals surface area (Å²) in [5.74, 6) is -0.864. The Hall–Kier alpha value is -1.93. The number of sulfonamides is 1. The molecule has 0 saturated carbocycles. The van der Waals surface area contributed by atoms with Crippen LogP contribution in [0.5, 0.6) is 0 Å². The fraction of sp³-hybridized carbons (Fsp3) is 0.385. The molecule has 0 aliphatic rings. The van der Waals surface area contributed by atoms with Gasteiger partial charge in [-0.05, 0) is 24.1 Å². The predicted molar refractivity (Wildman–Crippen MR) is 75.8 cm³/mol. The van der Waals surface area contributed by atoms with Crippen LogP contribution >= 0.6 is 0 Å². The second-order valence-corrected chi connectivity index (χ2v) is 6.13. The third-order valence-electron chi connectivity index (χ3n) is 2.70. The lowest BCUT2D eigenvalue weighted by molar-refractivity contribution is -0.139. The lowest BCUT2D eigenvalue weighted by Crippen LogP contribution is -2.25. The van der Waals surface area contributed by atoms with Crippen LogP contribution in [0.15, 0.2) is 29.2 Å². The monoisotopic (exact) mass is 314 g/mol. The van der Waals surface area contributed by atoms with E-state index < -0.39 is 21.9 Å². The first-order valence-corrected chi connectivity index (χ1v) is 7.77. The number of carbonyl (C=O) groups is 2. The Labute approximate surface area is 123 Å². The Bertz CT molecular complexity index is 595. The number of nitrogens with one attached hydrogen (secondary N) is 1. The van der Waals surface area contributed by atoms with E-state index in [9.17, 15) is 18.0 Å².